The number of nitrogens with one attached hydrogen (secondary N) is 1. The Morgan fingerprint density at radius 2 is 1.96 bits per heavy atom. The molecule has 0 aliphatic carbocycles. The van der Waals surface area contributed by atoms with Crippen LogP contribution in [0, 0.1) is 0 Å². The largest absolute Gasteiger partial charge is 0.336 e. The van der Waals surface area contributed by atoms with Gasteiger partial charge in [-0.3, -0.25) is 4.90 Å². The lowest BCUT2D eigenvalue weighted by Crippen LogP contribution is -2.34. The van der Waals surface area contributed by atoms with E-state index < -0.39 is 0 Å². The predicted octanol–water partition coefficient (Wildman–Crippen LogP) is 6.00. The lowest BCUT2D eigenvalue weighted by Gasteiger charge is -2.28. The second-order valence-corrected chi connectivity index (χ2v) is 8.43. The number of hydrogen-bond donors (Lipinski definition) is 1. The van der Waals surface area contributed by atoms with Crippen molar-refractivity contribution in [3.63, 3.8) is 0 Å². The van der Waals surface area contributed by atoms with Crippen LogP contribution in [0.25, 0.3) is 11.1 Å². The van der Waals surface area contributed by atoms with Gasteiger partial charge in [-0.25, -0.2) is 4.79 Å². The second kappa shape index (κ2) is 7.32. The maximum Gasteiger partial charge on any atom is 0.322 e. The number of anilines is 1. The number of nitrogens with zero attached hydrogens (tertiary/aromatic N) is 1. The van der Waals surface area contributed by atoms with Crippen LogP contribution >= 0.6 is 11.6 Å². The summed E-state index contributed by atoms with van der Waals surface area (Å²) in [5.74, 6) is 0. The molecule has 1 fully saturated rings. The lowest BCUT2D eigenvalue weighted by molar-refractivity contribution is 0.251. The molecule has 0 bridgehead atoms. The van der Waals surface area contributed by atoms with E-state index in [1.165, 1.54) is 5.56 Å². The monoisotopic (exact) mass is 370 g/mol. The normalized spacial score (nSPS) is 17.5. The van der Waals surface area contributed by atoms with Crippen molar-refractivity contribution in [1.29, 1.82) is 0 Å². The molecule has 2 aromatic rings. The van der Waals surface area contributed by atoms with Crippen molar-refractivity contribution in [2.24, 2.45) is 0 Å². The number of carbonyl (C=O) groups is 1. The van der Waals surface area contributed by atoms with Gasteiger partial charge in [0.15, 0.2) is 0 Å². The molecule has 2 aromatic carbocycles. The van der Waals surface area contributed by atoms with Gasteiger partial charge in [-0.1, -0.05) is 70.0 Å². The van der Waals surface area contributed by atoms with Crippen molar-refractivity contribution in [2.75, 3.05) is 11.4 Å². The Morgan fingerprint density at radius 3 is 2.62 bits per heavy atom. The summed E-state index contributed by atoms with van der Waals surface area (Å²) < 4.78 is 0. The third kappa shape index (κ3) is 3.73. The average molecular weight is 371 g/mol. The lowest BCUT2D eigenvalue weighted by atomic mass is 9.85. The first-order valence-corrected chi connectivity index (χ1v) is 9.66. The minimum absolute atomic E-state index is 0.0120. The molecule has 1 atom stereocenters. The molecule has 0 saturated carbocycles. The summed E-state index contributed by atoms with van der Waals surface area (Å²) in [6, 6.07) is 14.4. The van der Waals surface area contributed by atoms with Crippen molar-refractivity contribution >= 4 is 23.3 Å². The van der Waals surface area contributed by atoms with E-state index in [1.54, 1.807) is 0 Å². The highest BCUT2D eigenvalue weighted by Crippen LogP contribution is 2.38. The van der Waals surface area contributed by atoms with Crippen LogP contribution in [0.4, 0.5) is 10.5 Å². The van der Waals surface area contributed by atoms with Crippen LogP contribution in [-0.4, -0.2) is 18.6 Å². The summed E-state index contributed by atoms with van der Waals surface area (Å²) in [5.41, 5.74) is 4.26. The van der Waals surface area contributed by atoms with Crippen LogP contribution in [0.5, 0.6) is 0 Å². The molecule has 26 heavy (non-hydrogen) atoms. The highest BCUT2D eigenvalue weighted by atomic mass is 35.5. The number of benzene rings is 2. The van der Waals surface area contributed by atoms with Gasteiger partial charge in [0.1, 0.15) is 0 Å². The number of halogens is 1. The molecular formula is C22H27ClN2O. The van der Waals surface area contributed by atoms with Gasteiger partial charge in [0, 0.05) is 17.1 Å². The molecule has 138 valence electrons. The summed E-state index contributed by atoms with van der Waals surface area (Å²) in [7, 11) is 0. The Bertz CT molecular complexity index is 810. The molecule has 3 nitrogen and oxygen atoms in total. The van der Waals surface area contributed by atoms with E-state index in [0.29, 0.717) is 11.6 Å². The molecule has 0 radical (unpaired) electrons. The van der Waals surface area contributed by atoms with Gasteiger partial charge >= 0.3 is 6.03 Å². The summed E-state index contributed by atoms with van der Waals surface area (Å²) in [6.45, 7) is 9.43. The van der Waals surface area contributed by atoms with E-state index >= 15 is 0 Å². The van der Waals surface area contributed by atoms with Gasteiger partial charge in [-0.05, 0) is 41.2 Å². The molecule has 1 aliphatic rings. The predicted molar refractivity (Wildman–Crippen MR) is 110 cm³/mol. The Hall–Kier alpha value is -2.00. The maximum absolute atomic E-state index is 12.7. The number of carbonyl (C=O) groups excluding carboxylic acids is 1. The summed E-state index contributed by atoms with van der Waals surface area (Å²) in [4.78, 5) is 14.6. The van der Waals surface area contributed by atoms with Crippen molar-refractivity contribution in [3.8, 4) is 11.1 Å². The molecule has 0 aromatic heterocycles. The fourth-order valence-corrected chi connectivity index (χ4v) is 3.71. The van der Waals surface area contributed by atoms with E-state index in [9.17, 15) is 4.79 Å². The number of hydrogen-bond acceptors (Lipinski definition) is 1. The fourth-order valence-electron chi connectivity index (χ4n) is 3.52. The number of urea groups is 1. The third-order valence-corrected chi connectivity index (χ3v) is 5.19. The number of amides is 2. The van der Waals surface area contributed by atoms with Crippen LogP contribution < -0.4 is 10.2 Å². The van der Waals surface area contributed by atoms with Gasteiger partial charge in [-0.15, -0.1) is 0 Å². The first-order valence-electron chi connectivity index (χ1n) is 9.29. The van der Waals surface area contributed by atoms with E-state index in [-0.39, 0.29) is 17.5 Å². The van der Waals surface area contributed by atoms with Crippen molar-refractivity contribution in [3.05, 3.63) is 53.1 Å². The minimum atomic E-state index is -0.0159. The third-order valence-electron chi connectivity index (χ3n) is 4.95. The standard InChI is InChI=1S/C22H27ClN2O/c1-5-7-18-14-24-21(26)25(18)20-13-16(22(2,3)4)10-11-19(20)15-8-6-9-17(23)12-15/h6,8-13,18H,5,7,14H2,1-4H3,(H,24,26). The van der Waals surface area contributed by atoms with Crippen molar-refractivity contribution in [1.82, 2.24) is 5.32 Å². The van der Waals surface area contributed by atoms with E-state index in [4.69, 9.17) is 11.6 Å². The summed E-state index contributed by atoms with van der Waals surface area (Å²) in [6.07, 6.45) is 2.02. The van der Waals surface area contributed by atoms with Crippen LogP contribution in [0.1, 0.15) is 46.1 Å². The average Bonchev–Trinajstić information content (AvgIpc) is 2.94. The first kappa shape index (κ1) is 18.8. The molecule has 1 heterocycles. The molecule has 1 unspecified atom stereocenters. The van der Waals surface area contributed by atoms with Crippen molar-refractivity contribution in [2.45, 2.75) is 52.0 Å². The van der Waals surface area contributed by atoms with Gasteiger partial charge in [-0.2, -0.15) is 0 Å². The van der Waals surface area contributed by atoms with Crippen molar-refractivity contribution < 1.29 is 4.79 Å². The smallest absolute Gasteiger partial charge is 0.322 e. The maximum atomic E-state index is 12.7. The molecule has 3 rings (SSSR count). The molecule has 1 aliphatic heterocycles. The van der Waals surface area contributed by atoms with E-state index in [0.717, 1.165) is 29.7 Å². The Kier molecular flexibility index (Phi) is 5.29. The molecule has 2 amide bonds. The summed E-state index contributed by atoms with van der Waals surface area (Å²) >= 11 is 6.22. The topological polar surface area (TPSA) is 32.3 Å². The quantitative estimate of drug-likeness (QED) is 0.702. The Morgan fingerprint density at radius 1 is 1.19 bits per heavy atom. The van der Waals surface area contributed by atoms with Gasteiger partial charge < -0.3 is 5.32 Å². The SMILES string of the molecule is CCCC1CNC(=O)N1c1cc(C(C)(C)C)ccc1-c1cccc(Cl)c1. The Labute approximate surface area is 161 Å². The molecule has 0 spiro atoms. The van der Waals surface area contributed by atoms with E-state index in [1.807, 2.05) is 29.2 Å². The summed E-state index contributed by atoms with van der Waals surface area (Å²) in [5, 5.41) is 3.71. The van der Waals surface area contributed by atoms with Gasteiger partial charge in [0.05, 0.1) is 11.7 Å². The fraction of sp³-hybridized carbons (Fsp3) is 0.409. The minimum Gasteiger partial charge on any atom is -0.336 e. The highest BCUT2D eigenvalue weighted by molar-refractivity contribution is 6.30. The highest BCUT2D eigenvalue weighted by Gasteiger charge is 2.33. The second-order valence-electron chi connectivity index (χ2n) is 7.99. The van der Waals surface area contributed by atoms with Gasteiger partial charge in [0.25, 0.3) is 0 Å². The van der Waals surface area contributed by atoms with Crippen LogP contribution in [0.3, 0.4) is 0 Å². The molecule has 1 N–H and O–H groups in total. The zero-order chi connectivity index (χ0) is 18.9. The van der Waals surface area contributed by atoms with Crippen LogP contribution in [-0.2, 0) is 5.41 Å². The zero-order valence-corrected chi connectivity index (χ0v) is 16.7. The van der Waals surface area contributed by atoms with Crippen LogP contribution in [0.15, 0.2) is 42.5 Å². The molecule has 1 saturated heterocycles. The van der Waals surface area contributed by atoms with Crippen LogP contribution in [0.2, 0.25) is 5.02 Å². The zero-order valence-electron chi connectivity index (χ0n) is 16.0. The molecular weight excluding hydrogens is 344 g/mol. The number of rotatable bonds is 4. The Balaban J connectivity index is 2.17. The first-order chi connectivity index (χ1) is 12.3. The van der Waals surface area contributed by atoms with E-state index in [2.05, 4.69) is 51.2 Å². The van der Waals surface area contributed by atoms with Gasteiger partial charge in [0.2, 0.25) is 0 Å². The molecule has 4 heteroatoms.